The number of hydrogen-bond acceptors (Lipinski definition) is 4. The minimum atomic E-state index is 0.396. The summed E-state index contributed by atoms with van der Waals surface area (Å²) in [4.78, 5) is 4.52. The molecule has 1 heterocycles. The van der Waals surface area contributed by atoms with Gasteiger partial charge in [0.2, 0.25) is 0 Å². The number of rotatable bonds is 5. The Hall–Kier alpha value is -1.88. The van der Waals surface area contributed by atoms with Crippen molar-refractivity contribution in [2.45, 2.75) is 32.2 Å². The molecule has 1 aliphatic rings. The first-order valence-corrected chi connectivity index (χ1v) is 6.71. The number of aromatic nitrogens is 3. The van der Waals surface area contributed by atoms with Crippen LogP contribution in [0.4, 0.5) is 0 Å². The summed E-state index contributed by atoms with van der Waals surface area (Å²) in [5, 5.41) is 4.57. The van der Waals surface area contributed by atoms with Crippen molar-refractivity contribution in [1.29, 1.82) is 0 Å². The standard InChI is InChI=1S/C14H18N4O/c1-2-19-12-7-5-11(6-8-12)18-13(9-15)16-14(17-18)10-3-4-10/h5-8,10H,2-4,9,15H2,1H3. The molecule has 5 heteroatoms. The Morgan fingerprint density at radius 3 is 2.63 bits per heavy atom. The van der Waals surface area contributed by atoms with Gasteiger partial charge in [0, 0.05) is 5.92 Å². The summed E-state index contributed by atoms with van der Waals surface area (Å²) >= 11 is 0. The maximum Gasteiger partial charge on any atom is 0.154 e. The lowest BCUT2D eigenvalue weighted by Crippen LogP contribution is -2.07. The molecule has 1 aromatic carbocycles. The summed E-state index contributed by atoms with van der Waals surface area (Å²) < 4.78 is 7.27. The summed E-state index contributed by atoms with van der Waals surface area (Å²) in [5.74, 6) is 3.14. The maximum atomic E-state index is 5.75. The zero-order valence-corrected chi connectivity index (χ0v) is 11.0. The summed E-state index contributed by atoms with van der Waals surface area (Å²) in [7, 11) is 0. The van der Waals surface area contributed by atoms with E-state index in [2.05, 4.69) is 10.1 Å². The van der Waals surface area contributed by atoms with E-state index in [4.69, 9.17) is 10.5 Å². The monoisotopic (exact) mass is 258 g/mol. The molecule has 0 bridgehead atoms. The predicted molar refractivity (Wildman–Crippen MR) is 72.4 cm³/mol. The van der Waals surface area contributed by atoms with Gasteiger partial charge in [0.1, 0.15) is 11.6 Å². The van der Waals surface area contributed by atoms with Gasteiger partial charge in [-0.15, -0.1) is 0 Å². The highest BCUT2D eigenvalue weighted by atomic mass is 16.5. The van der Waals surface area contributed by atoms with Gasteiger partial charge in [-0.05, 0) is 44.0 Å². The van der Waals surface area contributed by atoms with Crippen LogP contribution >= 0.6 is 0 Å². The van der Waals surface area contributed by atoms with Crippen LogP contribution in [-0.2, 0) is 6.54 Å². The summed E-state index contributed by atoms with van der Waals surface area (Å²) in [6.07, 6.45) is 2.38. The van der Waals surface area contributed by atoms with Crippen molar-refractivity contribution in [2.75, 3.05) is 6.61 Å². The highest BCUT2D eigenvalue weighted by Gasteiger charge is 2.28. The molecule has 3 rings (SSSR count). The zero-order valence-electron chi connectivity index (χ0n) is 11.0. The molecule has 100 valence electrons. The van der Waals surface area contributed by atoms with Crippen molar-refractivity contribution >= 4 is 0 Å². The quantitative estimate of drug-likeness (QED) is 0.890. The largest absolute Gasteiger partial charge is 0.494 e. The molecular formula is C14H18N4O. The van der Waals surface area contributed by atoms with Crippen molar-refractivity contribution in [3.8, 4) is 11.4 Å². The van der Waals surface area contributed by atoms with E-state index in [0.29, 0.717) is 19.1 Å². The molecule has 0 unspecified atom stereocenters. The van der Waals surface area contributed by atoms with E-state index in [0.717, 1.165) is 23.1 Å². The van der Waals surface area contributed by atoms with E-state index in [1.807, 2.05) is 35.9 Å². The number of hydrogen-bond donors (Lipinski definition) is 1. The Kier molecular flexibility index (Phi) is 3.21. The molecule has 19 heavy (non-hydrogen) atoms. The van der Waals surface area contributed by atoms with E-state index in [-0.39, 0.29) is 0 Å². The zero-order chi connectivity index (χ0) is 13.2. The molecule has 0 atom stereocenters. The highest BCUT2D eigenvalue weighted by Crippen LogP contribution is 2.38. The number of nitrogens with zero attached hydrogens (tertiary/aromatic N) is 3. The molecule has 0 radical (unpaired) electrons. The molecular weight excluding hydrogens is 240 g/mol. The van der Waals surface area contributed by atoms with Crippen molar-refractivity contribution in [1.82, 2.24) is 14.8 Å². The summed E-state index contributed by atoms with van der Waals surface area (Å²) in [5.41, 5.74) is 6.73. The van der Waals surface area contributed by atoms with Crippen LogP contribution in [0.5, 0.6) is 5.75 Å². The van der Waals surface area contributed by atoms with Gasteiger partial charge >= 0.3 is 0 Å². The lowest BCUT2D eigenvalue weighted by molar-refractivity contribution is 0.340. The molecule has 2 aromatic rings. The molecule has 1 saturated carbocycles. The van der Waals surface area contributed by atoms with Crippen LogP contribution in [0.15, 0.2) is 24.3 Å². The SMILES string of the molecule is CCOc1ccc(-n2nc(C3CC3)nc2CN)cc1. The van der Waals surface area contributed by atoms with Crippen LogP contribution in [0.3, 0.4) is 0 Å². The van der Waals surface area contributed by atoms with Gasteiger partial charge in [0.15, 0.2) is 5.82 Å². The van der Waals surface area contributed by atoms with Crippen LogP contribution in [0.1, 0.15) is 37.3 Å². The average molecular weight is 258 g/mol. The van der Waals surface area contributed by atoms with Crippen LogP contribution < -0.4 is 10.5 Å². The number of nitrogens with two attached hydrogens (primary N) is 1. The Morgan fingerprint density at radius 2 is 2.05 bits per heavy atom. The van der Waals surface area contributed by atoms with E-state index < -0.39 is 0 Å². The smallest absolute Gasteiger partial charge is 0.154 e. The highest BCUT2D eigenvalue weighted by molar-refractivity contribution is 5.37. The van der Waals surface area contributed by atoms with Gasteiger partial charge < -0.3 is 10.5 Å². The normalized spacial score (nSPS) is 14.6. The third kappa shape index (κ3) is 2.46. The topological polar surface area (TPSA) is 66.0 Å². The maximum absolute atomic E-state index is 5.75. The third-order valence-electron chi connectivity index (χ3n) is 3.21. The van der Waals surface area contributed by atoms with Crippen molar-refractivity contribution in [3.05, 3.63) is 35.9 Å². The fourth-order valence-electron chi connectivity index (χ4n) is 2.07. The molecule has 2 N–H and O–H groups in total. The first-order chi connectivity index (χ1) is 9.31. The van der Waals surface area contributed by atoms with Gasteiger partial charge in [-0.3, -0.25) is 0 Å². The second-order valence-electron chi connectivity index (χ2n) is 4.70. The summed E-state index contributed by atoms with van der Waals surface area (Å²) in [6.45, 7) is 3.04. The lowest BCUT2D eigenvalue weighted by Gasteiger charge is -2.06. The van der Waals surface area contributed by atoms with Crippen LogP contribution in [0.2, 0.25) is 0 Å². The Bertz CT molecular complexity index is 557. The van der Waals surface area contributed by atoms with Gasteiger partial charge in [0.25, 0.3) is 0 Å². The van der Waals surface area contributed by atoms with Crippen LogP contribution in [-0.4, -0.2) is 21.4 Å². The minimum Gasteiger partial charge on any atom is -0.494 e. The minimum absolute atomic E-state index is 0.396. The molecule has 0 saturated heterocycles. The van der Waals surface area contributed by atoms with E-state index in [1.165, 1.54) is 12.8 Å². The van der Waals surface area contributed by atoms with Gasteiger partial charge in [-0.1, -0.05) is 0 Å². The van der Waals surface area contributed by atoms with Gasteiger partial charge in [0.05, 0.1) is 18.8 Å². The van der Waals surface area contributed by atoms with Gasteiger partial charge in [-0.25, -0.2) is 9.67 Å². The Labute approximate surface area is 112 Å². The molecule has 5 nitrogen and oxygen atoms in total. The van der Waals surface area contributed by atoms with Crippen LogP contribution in [0, 0.1) is 0 Å². The first-order valence-electron chi connectivity index (χ1n) is 6.71. The van der Waals surface area contributed by atoms with Crippen molar-refractivity contribution in [3.63, 3.8) is 0 Å². The average Bonchev–Trinajstić information content (AvgIpc) is 3.20. The van der Waals surface area contributed by atoms with Crippen molar-refractivity contribution < 1.29 is 4.74 Å². The number of benzene rings is 1. The number of ether oxygens (including phenoxy) is 1. The van der Waals surface area contributed by atoms with E-state index >= 15 is 0 Å². The van der Waals surface area contributed by atoms with E-state index in [1.54, 1.807) is 0 Å². The van der Waals surface area contributed by atoms with Crippen LogP contribution in [0.25, 0.3) is 5.69 Å². The molecule has 0 spiro atoms. The molecule has 0 aliphatic heterocycles. The second kappa shape index (κ2) is 5.01. The Morgan fingerprint density at radius 1 is 1.32 bits per heavy atom. The first kappa shape index (κ1) is 12.2. The van der Waals surface area contributed by atoms with Gasteiger partial charge in [-0.2, -0.15) is 5.10 Å². The third-order valence-corrected chi connectivity index (χ3v) is 3.21. The predicted octanol–water partition coefficient (Wildman–Crippen LogP) is 2.00. The Balaban J connectivity index is 1.91. The fraction of sp³-hybridized carbons (Fsp3) is 0.429. The fourth-order valence-corrected chi connectivity index (χ4v) is 2.07. The molecule has 1 aromatic heterocycles. The summed E-state index contributed by atoms with van der Waals surface area (Å²) in [6, 6.07) is 7.85. The lowest BCUT2D eigenvalue weighted by atomic mass is 10.3. The molecule has 0 amide bonds. The molecule has 1 fully saturated rings. The molecule has 1 aliphatic carbocycles. The van der Waals surface area contributed by atoms with Crippen molar-refractivity contribution in [2.24, 2.45) is 5.73 Å². The second-order valence-corrected chi connectivity index (χ2v) is 4.70. The van der Waals surface area contributed by atoms with E-state index in [9.17, 15) is 0 Å².